The lowest BCUT2D eigenvalue weighted by molar-refractivity contribution is 0.111. The van der Waals surface area contributed by atoms with Crippen LogP contribution in [0.1, 0.15) is 15.9 Å². The van der Waals surface area contributed by atoms with Gasteiger partial charge in [0.05, 0.1) is 12.7 Å². The molecule has 19 heavy (non-hydrogen) atoms. The standard InChI is InChI=1S/C15H13FO3/c1-18-12-5-2-4-11(8-12)10-19-15-7-3-6-14(16)13(15)9-17/h2-9H,10H2,1H3. The fraction of sp³-hybridized carbons (Fsp3) is 0.133. The summed E-state index contributed by atoms with van der Waals surface area (Å²) < 4.78 is 23.9. The summed E-state index contributed by atoms with van der Waals surface area (Å²) in [6, 6.07) is 11.6. The lowest BCUT2D eigenvalue weighted by atomic mass is 10.2. The van der Waals surface area contributed by atoms with E-state index in [0.717, 1.165) is 11.3 Å². The number of halogens is 1. The highest BCUT2D eigenvalue weighted by molar-refractivity contribution is 5.79. The summed E-state index contributed by atoms with van der Waals surface area (Å²) in [4.78, 5) is 10.8. The molecule has 0 N–H and O–H groups in total. The summed E-state index contributed by atoms with van der Waals surface area (Å²) in [6.07, 6.45) is 0.455. The Bertz CT molecular complexity index is 581. The Balaban J connectivity index is 2.14. The van der Waals surface area contributed by atoms with Gasteiger partial charge < -0.3 is 9.47 Å². The third kappa shape index (κ3) is 3.10. The number of aldehydes is 1. The van der Waals surface area contributed by atoms with Crippen molar-refractivity contribution in [1.82, 2.24) is 0 Å². The van der Waals surface area contributed by atoms with E-state index in [2.05, 4.69) is 0 Å². The molecule has 0 aliphatic rings. The van der Waals surface area contributed by atoms with Crippen LogP contribution >= 0.6 is 0 Å². The molecule has 0 aliphatic heterocycles. The number of hydrogen-bond donors (Lipinski definition) is 0. The number of ether oxygens (including phenoxy) is 2. The third-order valence-corrected chi connectivity index (χ3v) is 2.66. The molecule has 98 valence electrons. The zero-order chi connectivity index (χ0) is 13.7. The van der Waals surface area contributed by atoms with Gasteiger partial charge in [-0.05, 0) is 29.8 Å². The van der Waals surface area contributed by atoms with E-state index in [0.29, 0.717) is 6.29 Å². The topological polar surface area (TPSA) is 35.5 Å². The predicted octanol–water partition coefficient (Wildman–Crippen LogP) is 3.23. The van der Waals surface area contributed by atoms with Crippen LogP contribution in [0.3, 0.4) is 0 Å². The first-order valence-corrected chi connectivity index (χ1v) is 5.74. The van der Waals surface area contributed by atoms with Crippen molar-refractivity contribution in [2.75, 3.05) is 7.11 Å². The van der Waals surface area contributed by atoms with Crippen LogP contribution in [0.4, 0.5) is 4.39 Å². The van der Waals surface area contributed by atoms with Gasteiger partial charge in [-0.3, -0.25) is 4.79 Å². The molecule has 2 aromatic carbocycles. The highest BCUT2D eigenvalue weighted by Crippen LogP contribution is 2.21. The molecule has 0 saturated carbocycles. The molecule has 0 atom stereocenters. The van der Waals surface area contributed by atoms with E-state index < -0.39 is 5.82 Å². The van der Waals surface area contributed by atoms with Gasteiger partial charge in [0.15, 0.2) is 6.29 Å². The molecule has 0 fully saturated rings. The summed E-state index contributed by atoms with van der Waals surface area (Å²) in [6.45, 7) is 0.238. The largest absolute Gasteiger partial charge is 0.497 e. The van der Waals surface area contributed by atoms with Gasteiger partial charge in [0.2, 0.25) is 0 Å². The average molecular weight is 260 g/mol. The van der Waals surface area contributed by atoms with Gasteiger partial charge in [-0.25, -0.2) is 4.39 Å². The van der Waals surface area contributed by atoms with Crippen LogP contribution in [-0.2, 0) is 6.61 Å². The van der Waals surface area contributed by atoms with Gasteiger partial charge in [0.1, 0.15) is 23.9 Å². The van der Waals surface area contributed by atoms with Gasteiger partial charge in [-0.1, -0.05) is 18.2 Å². The van der Waals surface area contributed by atoms with E-state index >= 15 is 0 Å². The van der Waals surface area contributed by atoms with Crippen LogP contribution in [-0.4, -0.2) is 13.4 Å². The van der Waals surface area contributed by atoms with Crippen LogP contribution in [0.5, 0.6) is 11.5 Å². The maximum atomic E-state index is 13.4. The Morgan fingerprint density at radius 1 is 1.21 bits per heavy atom. The quantitative estimate of drug-likeness (QED) is 0.774. The zero-order valence-electron chi connectivity index (χ0n) is 10.4. The van der Waals surface area contributed by atoms with E-state index in [1.807, 2.05) is 24.3 Å². The molecule has 0 aromatic heterocycles. The van der Waals surface area contributed by atoms with Crippen LogP contribution in [0.2, 0.25) is 0 Å². The Morgan fingerprint density at radius 3 is 2.74 bits per heavy atom. The summed E-state index contributed by atoms with van der Waals surface area (Å²) in [5, 5.41) is 0. The minimum atomic E-state index is -0.585. The van der Waals surface area contributed by atoms with Crippen LogP contribution < -0.4 is 9.47 Å². The van der Waals surface area contributed by atoms with E-state index in [1.165, 1.54) is 12.1 Å². The minimum Gasteiger partial charge on any atom is -0.497 e. The zero-order valence-corrected chi connectivity index (χ0v) is 10.4. The first kappa shape index (κ1) is 13.1. The normalized spacial score (nSPS) is 10.0. The van der Waals surface area contributed by atoms with Gasteiger partial charge in [0.25, 0.3) is 0 Å². The van der Waals surface area contributed by atoms with Gasteiger partial charge >= 0.3 is 0 Å². The molecule has 0 aliphatic carbocycles. The molecule has 0 saturated heterocycles. The SMILES string of the molecule is COc1cccc(COc2cccc(F)c2C=O)c1. The van der Waals surface area contributed by atoms with Crippen molar-refractivity contribution >= 4 is 6.29 Å². The molecule has 2 rings (SSSR count). The first-order chi connectivity index (χ1) is 9.24. The van der Waals surface area contributed by atoms with Crippen LogP contribution in [0.15, 0.2) is 42.5 Å². The molecule has 0 unspecified atom stereocenters. The maximum Gasteiger partial charge on any atom is 0.156 e. The summed E-state index contributed by atoms with van der Waals surface area (Å²) in [5.74, 6) is 0.368. The van der Waals surface area contributed by atoms with E-state index in [1.54, 1.807) is 13.2 Å². The number of methoxy groups -OCH3 is 1. The Morgan fingerprint density at radius 2 is 2.00 bits per heavy atom. The highest BCUT2D eigenvalue weighted by atomic mass is 19.1. The van der Waals surface area contributed by atoms with Crippen LogP contribution in [0, 0.1) is 5.82 Å². The molecular weight excluding hydrogens is 247 g/mol. The summed E-state index contributed by atoms with van der Waals surface area (Å²) >= 11 is 0. The second-order valence-corrected chi connectivity index (χ2v) is 3.91. The Hall–Kier alpha value is -2.36. The third-order valence-electron chi connectivity index (χ3n) is 2.66. The Kier molecular flexibility index (Phi) is 4.13. The summed E-state index contributed by atoms with van der Waals surface area (Å²) in [7, 11) is 1.58. The van der Waals surface area contributed by atoms with Crippen LogP contribution in [0.25, 0.3) is 0 Å². The van der Waals surface area contributed by atoms with Crippen molar-refractivity contribution in [3.63, 3.8) is 0 Å². The number of carbonyl (C=O) groups is 1. The number of rotatable bonds is 5. The monoisotopic (exact) mass is 260 g/mol. The number of benzene rings is 2. The smallest absolute Gasteiger partial charge is 0.156 e. The number of carbonyl (C=O) groups excluding carboxylic acids is 1. The Labute approximate surface area is 110 Å². The summed E-state index contributed by atoms with van der Waals surface area (Å²) in [5.41, 5.74) is 0.811. The number of hydrogen-bond acceptors (Lipinski definition) is 3. The fourth-order valence-electron chi connectivity index (χ4n) is 1.68. The van der Waals surface area contributed by atoms with Crippen molar-refractivity contribution in [3.8, 4) is 11.5 Å². The van der Waals surface area contributed by atoms with E-state index in [4.69, 9.17) is 9.47 Å². The molecule has 2 aromatic rings. The lowest BCUT2D eigenvalue weighted by Crippen LogP contribution is -2.00. The highest BCUT2D eigenvalue weighted by Gasteiger charge is 2.08. The minimum absolute atomic E-state index is 0.0644. The van der Waals surface area contributed by atoms with Gasteiger partial charge in [-0.15, -0.1) is 0 Å². The fourth-order valence-corrected chi connectivity index (χ4v) is 1.68. The second-order valence-electron chi connectivity index (χ2n) is 3.91. The molecule has 0 radical (unpaired) electrons. The second kappa shape index (κ2) is 6.00. The van der Waals surface area contributed by atoms with Crippen molar-refractivity contribution < 1.29 is 18.7 Å². The molecule has 4 heteroatoms. The van der Waals surface area contributed by atoms with Crippen molar-refractivity contribution in [1.29, 1.82) is 0 Å². The molecule has 3 nitrogen and oxygen atoms in total. The van der Waals surface area contributed by atoms with Crippen molar-refractivity contribution in [3.05, 3.63) is 59.4 Å². The lowest BCUT2D eigenvalue weighted by Gasteiger charge is -2.09. The van der Waals surface area contributed by atoms with E-state index in [-0.39, 0.29) is 17.9 Å². The predicted molar refractivity (Wildman–Crippen MR) is 69.1 cm³/mol. The van der Waals surface area contributed by atoms with Crippen molar-refractivity contribution in [2.24, 2.45) is 0 Å². The van der Waals surface area contributed by atoms with Gasteiger partial charge in [-0.2, -0.15) is 0 Å². The average Bonchev–Trinajstić information content (AvgIpc) is 2.45. The van der Waals surface area contributed by atoms with Crippen molar-refractivity contribution in [2.45, 2.75) is 6.61 Å². The van der Waals surface area contributed by atoms with Gasteiger partial charge in [0, 0.05) is 0 Å². The maximum absolute atomic E-state index is 13.4. The molecule has 0 spiro atoms. The molecule has 0 heterocycles. The molecular formula is C15H13FO3. The molecule has 0 bridgehead atoms. The molecule has 0 amide bonds. The first-order valence-electron chi connectivity index (χ1n) is 5.74. The van der Waals surface area contributed by atoms with E-state index in [9.17, 15) is 9.18 Å².